The van der Waals surface area contributed by atoms with Crippen molar-refractivity contribution in [3.8, 4) is 0 Å². The second-order valence-corrected chi connectivity index (χ2v) is 5.81. The van der Waals surface area contributed by atoms with Crippen LogP contribution in [0.5, 0.6) is 0 Å². The Balaban J connectivity index is 2.99. The predicted molar refractivity (Wildman–Crippen MR) is 64.7 cm³/mol. The van der Waals surface area contributed by atoms with E-state index >= 15 is 0 Å². The van der Waals surface area contributed by atoms with Gasteiger partial charge >= 0.3 is 0 Å². The summed E-state index contributed by atoms with van der Waals surface area (Å²) in [7, 11) is -3.78. The third kappa shape index (κ3) is 3.81. The van der Waals surface area contributed by atoms with Crippen LogP contribution >= 0.6 is 0 Å². The highest BCUT2D eigenvalue weighted by Crippen LogP contribution is 2.15. The van der Waals surface area contributed by atoms with Gasteiger partial charge in [-0.25, -0.2) is 13.6 Å². The third-order valence-corrected chi connectivity index (χ3v) is 2.92. The maximum atomic E-state index is 11.6. The smallest absolute Gasteiger partial charge is 0.243 e. The molecule has 0 aliphatic heterocycles. The molecule has 0 heterocycles. The van der Waals surface area contributed by atoms with E-state index in [-0.39, 0.29) is 4.90 Å². The highest BCUT2D eigenvalue weighted by Gasteiger charge is 2.22. The zero-order chi connectivity index (χ0) is 13.3. The van der Waals surface area contributed by atoms with Gasteiger partial charge in [0.15, 0.2) is 0 Å². The number of benzene rings is 1. The number of carbonyl (C=O) groups excluding carboxylic acids is 1. The monoisotopic (exact) mass is 257 g/mol. The molecule has 0 bridgehead atoms. The van der Waals surface area contributed by atoms with Crippen molar-refractivity contribution in [3.63, 3.8) is 0 Å². The first-order valence-corrected chi connectivity index (χ1v) is 6.38. The molecule has 1 aromatic rings. The van der Waals surface area contributed by atoms with Crippen LogP contribution in [0.25, 0.3) is 0 Å². The summed E-state index contributed by atoms with van der Waals surface area (Å²) in [5, 5.41) is 7.49. The minimum Gasteiger partial charge on any atom is -0.324 e. The molecular weight excluding hydrogens is 242 g/mol. The number of carbonyl (C=O) groups is 1. The van der Waals surface area contributed by atoms with E-state index in [1.807, 2.05) is 0 Å². The number of hydrogen-bond acceptors (Lipinski definition) is 4. The molecule has 0 radical (unpaired) electrons. The standard InChI is InChI=1S/C10H15N3O3S/c1-10(2,11)9(14)13-7-4-3-5-8(6-7)17(12,15)16/h3-6H,11H2,1-2H3,(H,13,14)(H2,12,15,16). The van der Waals surface area contributed by atoms with Crippen LogP contribution in [0.4, 0.5) is 5.69 Å². The van der Waals surface area contributed by atoms with Crippen LogP contribution in [0, 0.1) is 0 Å². The molecule has 7 heteroatoms. The Kier molecular flexibility index (Phi) is 3.56. The molecule has 5 N–H and O–H groups in total. The molecule has 0 aliphatic rings. The van der Waals surface area contributed by atoms with Crippen molar-refractivity contribution >= 4 is 21.6 Å². The van der Waals surface area contributed by atoms with Crippen LogP contribution < -0.4 is 16.2 Å². The Morgan fingerprint density at radius 1 is 1.35 bits per heavy atom. The van der Waals surface area contributed by atoms with Gasteiger partial charge in [-0.15, -0.1) is 0 Å². The molecule has 0 spiro atoms. The number of rotatable bonds is 3. The maximum Gasteiger partial charge on any atom is 0.243 e. The van der Waals surface area contributed by atoms with E-state index in [1.165, 1.54) is 18.2 Å². The Labute approximate surface area is 100 Å². The summed E-state index contributed by atoms with van der Waals surface area (Å²) >= 11 is 0. The van der Waals surface area contributed by atoms with Crippen molar-refractivity contribution in [2.75, 3.05) is 5.32 Å². The zero-order valence-corrected chi connectivity index (χ0v) is 10.4. The minimum atomic E-state index is -3.78. The summed E-state index contributed by atoms with van der Waals surface area (Å²) in [6.45, 7) is 3.09. The van der Waals surface area contributed by atoms with Crippen LogP contribution in [0.1, 0.15) is 13.8 Å². The zero-order valence-electron chi connectivity index (χ0n) is 9.60. The average Bonchev–Trinajstić information content (AvgIpc) is 2.15. The molecule has 17 heavy (non-hydrogen) atoms. The molecule has 0 aliphatic carbocycles. The quantitative estimate of drug-likeness (QED) is 0.707. The number of nitrogens with one attached hydrogen (secondary N) is 1. The number of primary sulfonamides is 1. The third-order valence-electron chi connectivity index (χ3n) is 2.01. The maximum absolute atomic E-state index is 11.6. The molecule has 0 saturated carbocycles. The molecule has 0 saturated heterocycles. The lowest BCUT2D eigenvalue weighted by atomic mass is 10.1. The van der Waals surface area contributed by atoms with E-state index in [0.29, 0.717) is 5.69 Å². The van der Waals surface area contributed by atoms with Crippen molar-refractivity contribution in [2.24, 2.45) is 10.9 Å². The molecule has 1 amide bonds. The van der Waals surface area contributed by atoms with Crippen LogP contribution in [-0.4, -0.2) is 19.9 Å². The first kappa shape index (κ1) is 13.6. The molecule has 6 nitrogen and oxygen atoms in total. The normalized spacial score (nSPS) is 12.2. The Hall–Kier alpha value is -1.44. The van der Waals surface area contributed by atoms with E-state index in [4.69, 9.17) is 10.9 Å². The van der Waals surface area contributed by atoms with Gasteiger partial charge in [0.05, 0.1) is 10.4 Å². The van der Waals surface area contributed by atoms with E-state index in [2.05, 4.69) is 5.32 Å². The van der Waals surface area contributed by atoms with Crippen LogP contribution in [0.3, 0.4) is 0 Å². The summed E-state index contributed by atoms with van der Waals surface area (Å²) in [6.07, 6.45) is 0. The summed E-state index contributed by atoms with van der Waals surface area (Å²) in [6, 6.07) is 5.66. The largest absolute Gasteiger partial charge is 0.324 e. The molecular formula is C10H15N3O3S. The second kappa shape index (κ2) is 4.44. The molecule has 0 fully saturated rings. The van der Waals surface area contributed by atoms with Gasteiger partial charge in [-0.3, -0.25) is 4.79 Å². The van der Waals surface area contributed by atoms with Crippen LogP contribution in [0.2, 0.25) is 0 Å². The van der Waals surface area contributed by atoms with E-state index in [1.54, 1.807) is 19.9 Å². The lowest BCUT2D eigenvalue weighted by Gasteiger charge is -2.17. The fraction of sp³-hybridized carbons (Fsp3) is 0.300. The van der Waals surface area contributed by atoms with Gasteiger partial charge in [0, 0.05) is 5.69 Å². The first-order valence-electron chi connectivity index (χ1n) is 4.84. The fourth-order valence-corrected chi connectivity index (χ4v) is 1.60. The van der Waals surface area contributed by atoms with Crippen molar-refractivity contribution < 1.29 is 13.2 Å². The van der Waals surface area contributed by atoms with Crippen molar-refractivity contribution in [1.82, 2.24) is 0 Å². The van der Waals surface area contributed by atoms with Crippen molar-refractivity contribution in [3.05, 3.63) is 24.3 Å². The summed E-state index contributed by atoms with van der Waals surface area (Å²) < 4.78 is 22.2. The molecule has 1 aromatic carbocycles. The number of sulfonamides is 1. The van der Waals surface area contributed by atoms with E-state index in [0.717, 1.165) is 0 Å². The topological polar surface area (TPSA) is 115 Å². The summed E-state index contributed by atoms with van der Waals surface area (Å²) in [5.41, 5.74) is 4.89. The number of nitrogens with two attached hydrogens (primary N) is 2. The van der Waals surface area contributed by atoms with Gasteiger partial charge < -0.3 is 11.1 Å². The fourth-order valence-electron chi connectivity index (χ4n) is 1.04. The summed E-state index contributed by atoms with van der Waals surface area (Å²) in [5.74, 6) is -0.413. The van der Waals surface area contributed by atoms with Crippen LogP contribution in [-0.2, 0) is 14.8 Å². The molecule has 94 valence electrons. The lowest BCUT2D eigenvalue weighted by Crippen LogP contribution is -2.45. The van der Waals surface area contributed by atoms with Gasteiger partial charge in [-0.05, 0) is 32.0 Å². The molecule has 0 aromatic heterocycles. The van der Waals surface area contributed by atoms with Crippen molar-refractivity contribution in [2.45, 2.75) is 24.3 Å². The van der Waals surface area contributed by atoms with Gasteiger partial charge in [-0.2, -0.15) is 0 Å². The van der Waals surface area contributed by atoms with Gasteiger partial charge in [0.2, 0.25) is 15.9 Å². The highest BCUT2D eigenvalue weighted by atomic mass is 32.2. The van der Waals surface area contributed by atoms with E-state index < -0.39 is 21.5 Å². The van der Waals surface area contributed by atoms with Crippen molar-refractivity contribution in [1.29, 1.82) is 0 Å². The minimum absolute atomic E-state index is 0.0647. The Morgan fingerprint density at radius 2 is 1.94 bits per heavy atom. The second-order valence-electron chi connectivity index (χ2n) is 4.25. The summed E-state index contributed by atoms with van der Waals surface area (Å²) in [4.78, 5) is 11.5. The Bertz CT molecular complexity index is 532. The molecule has 0 unspecified atom stereocenters. The SMILES string of the molecule is CC(C)(N)C(=O)Nc1cccc(S(N)(=O)=O)c1. The Morgan fingerprint density at radius 3 is 2.41 bits per heavy atom. The van der Waals surface area contributed by atoms with Gasteiger partial charge in [0.1, 0.15) is 0 Å². The molecule has 0 atom stereocenters. The number of hydrogen-bond donors (Lipinski definition) is 3. The van der Waals surface area contributed by atoms with E-state index in [9.17, 15) is 13.2 Å². The predicted octanol–water partition coefficient (Wildman–Crippen LogP) is 0.00980. The average molecular weight is 257 g/mol. The lowest BCUT2D eigenvalue weighted by molar-refractivity contribution is -0.120. The molecule has 1 rings (SSSR count). The van der Waals surface area contributed by atoms with Gasteiger partial charge in [-0.1, -0.05) is 6.07 Å². The number of anilines is 1. The number of amides is 1. The van der Waals surface area contributed by atoms with Crippen LogP contribution in [0.15, 0.2) is 29.2 Å². The first-order chi connectivity index (χ1) is 7.60. The van der Waals surface area contributed by atoms with Gasteiger partial charge in [0.25, 0.3) is 0 Å². The highest BCUT2D eigenvalue weighted by molar-refractivity contribution is 7.89.